The van der Waals surface area contributed by atoms with E-state index in [1.54, 1.807) is 14.0 Å². The number of ether oxygens (including phenoxy) is 2. The van der Waals surface area contributed by atoms with Gasteiger partial charge >= 0.3 is 0 Å². The van der Waals surface area contributed by atoms with E-state index >= 15 is 0 Å². The highest BCUT2D eigenvalue weighted by atomic mass is 16.5. The van der Waals surface area contributed by atoms with Crippen molar-refractivity contribution in [3.63, 3.8) is 0 Å². The largest absolute Gasteiger partial charge is 0.497 e. The lowest BCUT2D eigenvalue weighted by atomic mass is 9.93. The highest BCUT2D eigenvalue weighted by molar-refractivity contribution is 6.17. The molecular formula is C25H25N3O4. The van der Waals surface area contributed by atoms with Gasteiger partial charge in [0.25, 0.3) is 5.91 Å². The molecule has 2 aliphatic rings. The molecule has 0 aliphatic carbocycles. The van der Waals surface area contributed by atoms with Crippen molar-refractivity contribution in [3.8, 4) is 11.5 Å². The number of rotatable bonds is 4. The lowest BCUT2D eigenvalue weighted by molar-refractivity contribution is -0.122. The van der Waals surface area contributed by atoms with Gasteiger partial charge in [-0.1, -0.05) is 13.8 Å². The molecule has 0 fully saturated rings. The van der Waals surface area contributed by atoms with Crippen molar-refractivity contribution in [2.75, 3.05) is 12.4 Å². The van der Waals surface area contributed by atoms with Gasteiger partial charge < -0.3 is 19.2 Å². The summed E-state index contributed by atoms with van der Waals surface area (Å²) in [5.74, 6) is 1.95. The monoisotopic (exact) mass is 431 g/mol. The molecule has 164 valence electrons. The van der Waals surface area contributed by atoms with E-state index in [0.717, 1.165) is 52.0 Å². The summed E-state index contributed by atoms with van der Waals surface area (Å²) >= 11 is 0. The topological polar surface area (TPSA) is 85.4 Å². The van der Waals surface area contributed by atoms with Crippen LogP contribution >= 0.6 is 0 Å². The van der Waals surface area contributed by atoms with Gasteiger partial charge in [0.2, 0.25) is 0 Å². The molecule has 1 amide bonds. The fourth-order valence-electron chi connectivity index (χ4n) is 4.26. The van der Waals surface area contributed by atoms with Crippen LogP contribution in [0.5, 0.6) is 11.5 Å². The summed E-state index contributed by atoms with van der Waals surface area (Å²) < 4.78 is 17.6. The third-order valence-electron chi connectivity index (χ3n) is 6.05. The van der Waals surface area contributed by atoms with Gasteiger partial charge in [-0.3, -0.25) is 4.79 Å². The van der Waals surface area contributed by atoms with Gasteiger partial charge in [0, 0.05) is 28.6 Å². The summed E-state index contributed by atoms with van der Waals surface area (Å²) in [7, 11) is 1.66. The van der Waals surface area contributed by atoms with Crippen LogP contribution in [0.2, 0.25) is 0 Å². The Bertz CT molecular complexity index is 1300. The van der Waals surface area contributed by atoms with Crippen LogP contribution in [0.3, 0.4) is 0 Å². The van der Waals surface area contributed by atoms with Crippen LogP contribution in [0.1, 0.15) is 49.6 Å². The third kappa shape index (κ3) is 3.25. The molecule has 0 bridgehead atoms. The number of carbonyl (C=O) groups is 1. The molecule has 3 aromatic rings. The van der Waals surface area contributed by atoms with Gasteiger partial charge in [-0.25, -0.2) is 0 Å². The number of fused-ring (bicyclic) bond motifs is 3. The normalized spacial score (nSPS) is 17.5. The fraction of sp³-hybridized carbons (Fsp3) is 0.320. The Labute approximate surface area is 186 Å². The van der Waals surface area contributed by atoms with Crippen LogP contribution < -0.4 is 14.8 Å². The maximum absolute atomic E-state index is 12.1. The van der Waals surface area contributed by atoms with Crippen molar-refractivity contribution in [1.29, 1.82) is 0 Å². The summed E-state index contributed by atoms with van der Waals surface area (Å²) in [6, 6.07) is 9.72. The first-order chi connectivity index (χ1) is 15.5. The van der Waals surface area contributed by atoms with Crippen molar-refractivity contribution in [2.24, 2.45) is 10.2 Å². The number of carbonyl (C=O) groups excluding carboxylic acids is 1. The number of methoxy groups -OCH3 is 1. The van der Waals surface area contributed by atoms with Gasteiger partial charge in [-0.05, 0) is 55.7 Å². The molecular weight excluding hydrogens is 406 g/mol. The molecule has 32 heavy (non-hydrogen) atoms. The summed E-state index contributed by atoms with van der Waals surface area (Å²) in [6.07, 6.45) is 1.64. The number of benzene rings is 2. The minimum atomic E-state index is -0.556. The van der Waals surface area contributed by atoms with Crippen LogP contribution in [0.15, 0.2) is 45.0 Å². The van der Waals surface area contributed by atoms with E-state index in [2.05, 4.69) is 29.4 Å². The zero-order chi connectivity index (χ0) is 22.4. The first-order valence-electron chi connectivity index (χ1n) is 10.9. The molecule has 1 N–H and O–H groups in total. The lowest BCUT2D eigenvalue weighted by Gasteiger charge is -2.25. The Balaban J connectivity index is 1.73. The van der Waals surface area contributed by atoms with E-state index in [9.17, 15) is 4.79 Å². The second kappa shape index (κ2) is 7.82. The Kier molecular flexibility index (Phi) is 4.96. The molecule has 0 radical (unpaired) electrons. The van der Waals surface area contributed by atoms with Crippen LogP contribution in [0.4, 0.5) is 5.69 Å². The number of anilines is 1. The molecule has 7 heteroatoms. The summed E-state index contributed by atoms with van der Waals surface area (Å²) in [5, 5.41) is 13.1. The molecule has 0 unspecified atom stereocenters. The first-order valence-corrected chi connectivity index (χ1v) is 10.9. The SMILES string of the molecule is CCC1=NN=C(c2oc3ccc(OC)cc3c2CC)c2cc3c(cc2C1)NC(=O)[C@H](C)O3. The maximum Gasteiger partial charge on any atom is 0.265 e. The summed E-state index contributed by atoms with van der Waals surface area (Å²) in [4.78, 5) is 12.1. The Morgan fingerprint density at radius 1 is 1.16 bits per heavy atom. The number of furan rings is 1. The number of nitrogens with one attached hydrogen (secondary N) is 1. The summed E-state index contributed by atoms with van der Waals surface area (Å²) in [5.41, 5.74) is 6.08. The van der Waals surface area contributed by atoms with Gasteiger partial charge in [0.15, 0.2) is 11.9 Å². The lowest BCUT2D eigenvalue weighted by Crippen LogP contribution is -2.34. The van der Waals surface area contributed by atoms with Crippen molar-refractivity contribution in [1.82, 2.24) is 0 Å². The highest BCUT2D eigenvalue weighted by Gasteiger charge is 2.29. The van der Waals surface area contributed by atoms with Gasteiger partial charge in [-0.15, -0.1) is 5.10 Å². The minimum Gasteiger partial charge on any atom is -0.497 e. The van der Waals surface area contributed by atoms with Crippen molar-refractivity contribution in [2.45, 2.75) is 46.1 Å². The number of aryl methyl sites for hydroxylation is 1. The fourth-order valence-corrected chi connectivity index (χ4v) is 4.26. The Hall–Kier alpha value is -3.61. The van der Waals surface area contributed by atoms with E-state index in [4.69, 9.17) is 13.9 Å². The van der Waals surface area contributed by atoms with Crippen LogP contribution in [-0.4, -0.2) is 30.5 Å². The van der Waals surface area contributed by atoms with Crippen molar-refractivity contribution < 1.29 is 18.7 Å². The van der Waals surface area contributed by atoms with Crippen molar-refractivity contribution >= 4 is 34.0 Å². The predicted octanol–water partition coefficient (Wildman–Crippen LogP) is 4.88. The smallest absolute Gasteiger partial charge is 0.265 e. The molecule has 1 aromatic heterocycles. The predicted molar refractivity (Wildman–Crippen MR) is 124 cm³/mol. The highest BCUT2D eigenvalue weighted by Crippen LogP contribution is 2.37. The second-order valence-corrected chi connectivity index (χ2v) is 8.03. The molecule has 0 saturated carbocycles. The Morgan fingerprint density at radius 2 is 2.00 bits per heavy atom. The zero-order valence-electron chi connectivity index (χ0n) is 18.6. The average Bonchev–Trinajstić information content (AvgIpc) is 3.06. The van der Waals surface area contributed by atoms with E-state index in [0.29, 0.717) is 29.3 Å². The average molecular weight is 431 g/mol. The molecule has 2 aromatic carbocycles. The van der Waals surface area contributed by atoms with Gasteiger partial charge in [0.05, 0.1) is 12.8 Å². The molecule has 7 nitrogen and oxygen atoms in total. The second-order valence-electron chi connectivity index (χ2n) is 8.03. The molecule has 0 saturated heterocycles. The van der Waals surface area contributed by atoms with Crippen LogP contribution in [0.25, 0.3) is 11.0 Å². The number of hydrogen-bond acceptors (Lipinski definition) is 6. The van der Waals surface area contributed by atoms with E-state index in [1.807, 2.05) is 30.3 Å². The third-order valence-corrected chi connectivity index (χ3v) is 6.05. The number of nitrogens with zero attached hydrogens (tertiary/aromatic N) is 2. The number of amides is 1. The molecule has 1 atom stereocenters. The first kappa shape index (κ1) is 20.3. The van der Waals surface area contributed by atoms with Crippen LogP contribution in [-0.2, 0) is 17.6 Å². The van der Waals surface area contributed by atoms with E-state index in [-0.39, 0.29) is 5.91 Å². The van der Waals surface area contributed by atoms with E-state index in [1.165, 1.54) is 0 Å². The molecule has 5 rings (SSSR count). The molecule has 0 spiro atoms. The number of hydrogen-bond donors (Lipinski definition) is 1. The molecule has 2 aliphatic heterocycles. The maximum atomic E-state index is 12.1. The Morgan fingerprint density at radius 3 is 2.75 bits per heavy atom. The zero-order valence-corrected chi connectivity index (χ0v) is 18.6. The van der Waals surface area contributed by atoms with Gasteiger partial charge in [0.1, 0.15) is 22.8 Å². The molecule has 3 heterocycles. The van der Waals surface area contributed by atoms with E-state index < -0.39 is 6.10 Å². The van der Waals surface area contributed by atoms with Crippen molar-refractivity contribution in [3.05, 3.63) is 52.8 Å². The van der Waals surface area contributed by atoms with Gasteiger partial charge in [-0.2, -0.15) is 5.10 Å². The summed E-state index contributed by atoms with van der Waals surface area (Å²) in [6.45, 7) is 5.90. The minimum absolute atomic E-state index is 0.149. The quantitative estimate of drug-likeness (QED) is 0.638. The standard InChI is InChI=1S/C25H25N3O4/c1-5-15-9-14-10-20-22(31-13(3)25(29)26-20)12-18(14)23(28-27-15)24-17(6-2)19-11-16(30-4)7-8-21(19)32-24/h7-8,10-13H,5-6,9H2,1-4H3,(H,26,29)/t13-/m0/s1. The van der Waals surface area contributed by atoms with Crippen LogP contribution in [0, 0.1) is 0 Å².